The Morgan fingerprint density at radius 3 is 3.12 bits per heavy atom. The molecule has 1 amide bonds. The summed E-state index contributed by atoms with van der Waals surface area (Å²) in [6.07, 6.45) is 5.54. The summed E-state index contributed by atoms with van der Waals surface area (Å²) in [5.41, 5.74) is 2.53. The van der Waals surface area contributed by atoms with Gasteiger partial charge in [-0.25, -0.2) is 9.97 Å². The summed E-state index contributed by atoms with van der Waals surface area (Å²) in [6, 6.07) is 9.72. The standard InChI is InChI=1S/C19H19N3O3/c23-19(17-4-6-20-13-21-17)22-7-9-24-12-14(11-22)10-15-2-1-3-18-16(15)5-8-25-18/h1-6,8,13-14H,7,9-12H2/t14-/m1/s1. The second-order valence-electron chi connectivity index (χ2n) is 6.24. The van der Waals surface area contributed by atoms with Crippen molar-refractivity contribution in [3.05, 3.63) is 60.4 Å². The lowest BCUT2D eigenvalue weighted by Gasteiger charge is -2.23. The zero-order chi connectivity index (χ0) is 17.1. The molecule has 1 saturated heterocycles. The van der Waals surface area contributed by atoms with E-state index in [2.05, 4.69) is 16.0 Å². The Balaban J connectivity index is 1.52. The first-order valence-electron chi connectivity index (χ1n) is 8.39. The highest BCUT2D eigenvalue weighted by molar-refractivity contribution is 5.92. The third-order valence-electron chi connectivity index (χ3n) is 4.52. The number of nitrogens with zero attached hydrogens (tertiary/aromatic N) is 3. The molecule has 0 unspecified atom stereocenters. The maximum Gasteiger partial charge on any atom is 0.272 e. The van der Waals surface area contributed by atoms with Crippen molar-refractivity contribution in [1.29, 1.82) is 0 Å². The van der Waals surface area contributed by atoms with E-state index in [9.17, 15) is 4.79 Å². The summed E-state index contributed by atoms with van der Waals surface area (Å²) in [5, 5.41) is 1.13. The molecule has 6 nitrogen and oxygen atoms in total. The average Bonchev–Trinajstić information content (AvgIpc) is 3.02. The first-order valence-corrected chi connectivity index (χ1v) is 8.39. The van der Waals surface area contributed by atoms with E-state index in [-0.39, 0.29) is 11.8 Å². The van der Waals surface area contributed by atoms with Gasteiger partial charge in [0.2, 0.25) is 0 Å². The van der Waals surface area contributed by atoms with Gasteiger partial charge in [-0.2, -0.15) is 0 Å². The van der Waals surface area contributed by atoms with Gasteiger partial charge >= 0.3 is 0 Å². The molecule has 3 heterocycles. The molecule has 2 aromatic heterocycles. The number of carbonyl (C=O) groups excluding carboxylic acids is 1. The van der Waals surface area contributed by atoms with Gasteiger partial charge < -0.3 is 14.1 Å². The van der Waals surface area contributed by atoms with Gasteiger partial charge in [-0.3, -0.25) is 4.79 Å². The number of rotatable bonds is 3. The molecule has 1 atom stereocenters. The normalized spacial score (nSPS) is 18.2. The van der Waals surface area contributed by atoms with E-state index in [4.69, 9.17) is 9.15 Å². The summed E-state index contributed by atoms with van der Waals surface area (Å²) in [7, 11) is 0. The van der Waals surface area contributed by atoms with Crippen LogP contribution < -0.4 is 0 Å². The Bertz CT molecular complexity index is 862. The number of amides is 1. The highest BCUT2D eigenvalue weighted by Gasteiger charge is 2.24. The number of hydrogen-bond donors (Lipinski definition) is 0. The molecule has 1 fully saturated rings. The Labute approximate surface area is 145 Å². The molecule has 0 spiro atoms. The summed E-state index contributed by atoms with van der Waals surface area (Å²) in [6.45, 7) is 2.41. The maximum absolute atomic E-state index is 12.7. The predicted octanol–water partition coefficient (Wildman–Crippen LogP) is 2.55. The molecule has 0 aliphatic carbocycles. The molecule has 0 N–H and O–H groups in total. The van der Waals surface area contributed by atoms with E-state index >= 15 is 0 Å². The van der Waals surface area contributed by atoms with Crippen LogP contribution in [0.3, 0.4) is 0 Å². The highest BCUT2D eigenvalue weighted by Crippen LogP contribution is 2.24. The average molecular weight is 337 g/mol. The third kappa shape index (κ3) is 3.39. The van der Waals surface area contributed by atoms with Gasteiger partial charge in [-0.05, 0) is 30.2 Å². The largest absolute Gasteiger partial charge is 0.464 e. The van der Waals surface area contributed by atoms with Crippen LogP contribution in [0.25, 0.3) is 11.0 Å². The number of hydrogen-bond acceptors (Lipinski definition) is 5. The molecule has 6 heteroatoms. The lowest BCUT2D eigenvalue weighted by Crippen LogP contribution is -2.36. The number of fused-ring (bicyclic) bond motifs is 1. The van der Waals surface area contributed by atoms with Gasteiger partial charge in [-0.15, -0.1) is 0 Å². The van der Waals surface area contributed by atoms with Crippen molar-refractivity contribution >= 4 is 16.9 Å². The van der Waals surface area contributed by atoms with Gasteiger partial charge in [-0.1, -0.05) is 12.1 Å². The minimum Gasteiger partial charge on any atom is -0.464 e. The number of aromatic nitrogens is 2. The van der Waals surface area contributed by atoms with Gasteiger partial charge in [0.15, 0.2) is 0 Å². The Hall–Kier alpha value is -2.73. The predicted molar refractivity (Wildman–Crippen MR) is 92.2 cm³/mol. The van der Waals surface area contributed by atoms with Crippen molar-refractivity contribution in [2.24, 2.45) is 5.92 Å². The van der Waals surface area contributed by atoms with E-state index in [1.165, 1.54) is 11.9 Å². The fraction of sp³-hybridized carbons (Fsp3) is 0.316. The lowest BCUT2D eigenvalue weighted by atomic mass is 9.97. The van der Waals surface area contributed by atoms with Crippen LogP contribution in [-0.2, 0) is 11.2 Å². The van der Waals surface area contributed by atoms with Gasteiger partial charge in [0, 0.05) is 30.6 Å². The van der Waals surface area contributed by atoms with Gasteiger partial charge in [0.05, 0.1) is 19.5 Å². The molecule has 1 aromatic carbocycles. The maximum atomic E-state index is 12.7. The smallest absolute Gasteiger partial charge is 0.272 e. The lowest BCUT2D eigenvalue weighted by molar-refractivity contribution is 0.0731. The Morgan fingerprint density at radius 1 is 1.28 bits per heavy atom. The monoisotopic (exact) mass is 337 g/mol. The van der Waals surface area contributed by atoms with Crippen LogP contribution in [0, 0.1) is 5.92 Å². The van der Waals surface area contributed by atoms with Crippen LogP contribution in [0.4, 0.5) is 0 Å². The zero-order valence-corrected chi connectivity index (χ0v) is 13.8. The van der Waals surface area contributed by atoms with Crippen molar-refractivity contribution in [2.75, 3.05) is 26.3 Å². The molecule has 3 aromatic rings. The van der Waals surface area contributed by atoms with E-state index in [0.29, 0.717) is 32.0 Å². The SMILES string of the molecule is O=C(c1ccncn1)N1CCOC[C@H](Cc2cccc3occc23)C1. The molecular formula is C19H19N3O3. The van der Waals surface area contributed by atoms with Crippen molar-refractivity contribution < 1.29 is 13.9 Å². The number of furan rings is 1. The van der Waals surface area contributed by atoms with E-state index in [0.717, 1.165) is 17.4 Å². The summed E-state index contributed by atoms with van der Waals surface area (Å²) in [5.74, 6) is 0.160. The minimum absolute atomic E-state index is 0.0700. The van der Waals surface area contributed by atoms with Crippen molar-refractivity contribution in [3.63, 3.8) is 0 Å². The first-order chi connectivity index (χ1) is 12.3. The number of carbonyl (C=O) groups is 1. The molecule has 25 heavy (non-hydrogen) atoms. The van der Waals surface area contributed by atoms with Crippen molar-refractivity contribution in [1.82, 2.24) is 14.9 Å². The topological polar surface area (TPSA) is 68.5 Å². The van der Waals surface area contributed by atoms with Crippen molar-refractivity contribution in [2.45, 2.75) is 6.42 Å². The summed E-state index contributed by atoms with van der Waals surface area (Å²) >= 11 is 0. The molecule has 0 saturated carbocycles. The summed E-state index contributed by atoms with van der Waals surface area (Å²) in [4.78, 5) is 22.5. The molecule has 4 rings (SSSR count). The van der Waals surface area contributed by atoms with Crippen LogP contribution in [0.15, 0.2) is 53.5 Å². The molecular weight excluding hydrogens is 318 g/mol. The second kappa shape index (κ2) is 7.03. The molecule has 128 valence electrons. The van der Waals surface area contributed by atoms with Crippen LogP contribution in [0.1, 0.15) is 16.1 Å². The third-order valence-corrected chi connectivity index (χ3v) is 4.52. The molecule has 1 aliphatic rings. The number of ether oxygens (including phenoxy) is 1. The molecule has 0 radical (unpaired) electrons. The Morgan fingerprint density at radius 2 is 2.24 bits per heavy atom. The fourth-order valence-corrected chi connectivity index (χ4v) is 3.31. The fourth-order valence-electron chi connectivity index (χ4n) is 3.31. The van der Waals surface area contributed by atoms with Crippen LogP contribution >= 0.6 is 0 Å². The minimum atomic E-state index is -0.0700. The first kappa shape index (κ1) is 15.8. The quantitative estimate of drug-likeness (QED) is 0.735. The highest BCUT2D eigenvalue weighted by atomic mass is 16.5. The Kier molecular flexibility index (Phi) is 4.43. The van der Waals surface area contributed by atoms with Crippen molar-refractivity contribution in [3.8, 4) is 0 Å². The molecule has 0 bridgehead atoms. The van der Waals surface area contributed by atoms with Crippen LogP contribution in [0.2, 0.25) is 0 Å². The molecule has 1 aliphatic heterocycles. The van der Waals surface area contributed by atoms with Crippen LogP contribution in [0.5, 0.6) is 0 Å². The summed E-state index contributed by atoms with van der Waals surface area (Å²) < 4.78 is 11.2. The van der Waals surface area contributed by atoms with E-state index < -0.39 is 0 Å². The van der Waals surface area contributed by atoms with Gasteiger partial charge in [0.1, 0.15) is 17.6 Å². The van der Waals surface area contributed by atoms with Gasteiger partial charge in [0.25, 0.3) is 5.91 Å². The van der Waals surface area contributed by atoms with Crippen LogP contribution in [-0.4, -0.2) is 47.1 Å². The van der Waals surface area contributed by atoms with E-state index in [1.807, 2.05) is 23.1 Å². The zero-order valence-electron chi connectivity index (χ0n) is 13.8. The second-order valence-corrected chi connectivity index (χ2v) is 6.24. The number of benzene rings is 1. The van der Waals surface area contributed by atoms with E-state index in [1.54, 1.807) is 18.5 Å².